The topological polar surface area (TPSA) is 23.8 Å². The van der Waals surface area contributed by atoms with Crippen LogP contribution in [-0.4, -0.2) is 0 Å². The Morgan fingerprint density at radius 2 is 1.79 bits per heavy atom. The first-order chi connectivity index (χ1) is 6.83. The SMILES string of the molecule is N#CC([S])c1cccc2ccccc12. The van der Waals surface area contributed by atoms with Gasteiger partial charge in [0.2, 0.25) is 0 Å². The number of hydrogen-bond donors (Lipinski definition) is 0. The molecule has 2 aromatic carbocycles. The second-order valence-corrected chi connectivity index (χ2v) is 3.55. The van der Waals surface area contributed by atoms with Crippen molar-refractivity contribution in [3.63, 3.8) is 0 Å². The molecule has 0 heterocycles. The Morgan fingerprint density at radius 3 is 2.57 bits per heavy atom. The number of nitriles is 1. The molecule has 0 aromatic heterocycles. The summed E-state index contributed by atoms with van der Waals surface area (Å²) in [5.74, 6) is 0. The van der Waals surface area contributed by atoms with Gasteiger partial charge < -0.3 is 0 Å². The van der Waals surface area contributed by atoms with Crippen LogP contribution in [0.3, 0.4) is 0 Å². The van der Waals surface area contributed by atoms with E-state index in [-0.39, 0.29) is 0 Å². The molecule has 0 saturated carbocycles. The summed E-state index contributed by atoms with van der Waals surface area (Å²) in [5.41, 5.74) is 0.931. The summed E-state index contributed by atoms with van der Waals surface area (Å²) in [5, 5.41) is 10.6. The second kappa shape index (κ2) is 3.73. The van der Waals surface area contributed by atoms with E-state index in [4.69, 9.17) is 17.9 Å². The van der Waals surface area contributed by atoms with Crippen molar-refractivity contribution in [2.75, 3.05) is 0 Å². The van der Waals surface area contributed by atoms with Crippen molar-refractivity contribution in [3.8, 4) is 6.07 Å². The van der Waals surface area contributed by atoms with Gasteiger partial charge in [-0.1, -0.05) is 55.1 Å². The highest BCUT2D eigenvalue weighted by atomic mass is 32.1. The molecule has 2 rings (SSSR count). The Bertz CT molecular complexity index is 494. The third kappa shape index (κ3) is 1.47. The molecule has 0 spiro atoms. The van der Waals surface area contributed by atoms with Gasteiger partial charge in [0, 0.05) is 0 Å². The summed E-state index contributed by atoms with van der Waals surface area (Å²) in [6.07, 6.45) is 0. The molecular weight excluding hydrogens is 190 g/mol. The van der Waals surface area contributed by atoms with Crippen LogP contribution in [0.2, 0.25) is 0 Å². The summed E-state index contributed by atoms with van der Waals surface area (Å²) < 4.78 is 0. The summed E-state index contributed by atoms with van der Waals surface area (Å²) in [6.45, 7) is 0. The van der Waals surface area contributed by atoms with Gasteiger partial charge in [-0.15, -0.1) is 0 Å². The fourth-order valence-electron chi connectivity index (χ4n) is 1.55. The molecule has 1 atom stereocenters. The van der Waals surface area contributed by atoms with Crippen molar-refractivity contribution in [2.24, 2.45) is 0 Å². The van der Waals surface area contributed by atoms with Gasteiger partial charge in [-0.3, -0.25) is 0 Å². The first-order valence-corrected chi connectivity index (χ1v) is 4.83. The molecule has 2 aromatic rings. The van der Waals surface area contributed by atoms with Crippen LogP contribution < -0.4 is 0 Å². The summed E-state index contributed by atoms with van der Waals surface area (Å²) in [7, 11) is 0. The normalized spacial score (nSPS) is 12.3. The molecule has 1 radical (unpaired) electrons. The van der Waals surface area contributed by atoms with Crippen molar-refractivity contribution in [2.45, 2.75) is 5.25 Å². The smallest absolute Gasteiger partial charge is 0.127 e. The first-order valence-electron chi connectivity index (χ1n) is 4.36. The zero-order valence-corrected chi connectivity index (χ0v) is 8.29. The monoisotopic (exact) mass is 198 g/mol. The lowest BCUT2D eigenvalue weighted by Crippen LogP contribution is -1.87. The molecule has 14 heavy (non-hydrogen) atoms. The third-order valence-electron chi connectivity index (χ3n) is 2.22. The van der Waals surface area contributed by atoms with E-state index in [1.165, 1.54) is 0 Å². The highest BCUT2D eigenvalue weighted by Crippen LogP contribution is 2.27. The summed E-state index contributed by atoms with van der Waals surface area (Å²) in [6, 6.07) is 15.9. The molecule has 0 aliphatic rings. The van der Waals surface area contributed by atoms with Gasteiger partial charge in [0.15, 0.2) is 0 Å². The zero-order chi connectivity index (χ0) is 9.97. The van der Waals surface area contributed by atoms with Gasteiger partial charge in [0.25, 0.3) is 0 Å². The van der Waals surface area contributed by atoms with Crippen molar-refractivity contribution in [1.82, 2.24) is 0 Å². The van der Waals surface area contributed by atoms with Crippen LogP contribution >= 0.6 is 12.6 Å². The van der Waals surface area contributed by atoms with Gasteiger partial charge in [0.05, 0.1) is 6.07 Å². The summed E-state index contributed by atoms with van der Waals surface area (Å²) >= 11 is 5.07. The molecule has 2 heteroatoms. The van der Waals surface area contributed by atoms with E-state index in [0.29, 0.717) is 0 Å². The fraction of sp³-hybridized carbons (Fsp3) is 0.0833. The van der Waals surface area contributed by atoms with E-state index in [9.17, 15) is 0 Å². The van der Waals surface area contributed by atoms with Crippen molar-refractivity contribution in [1.29, 1.82) is 5.26 Å². The van der Waals surface area contributed by atoms with Crippen molar-refractivity contribution in [3.05, 3.63) is 48.0 Å². The van der Waals surface area contributed by atoms with Gasteiger partial charge in [-0.25, -0.2) is 0 Å². The maximum Gasteiger partial charge on any atom is 0.127 e. The predicted molar refractivity (Wildman–Crippen MR) is 59.9 cm³/mol. The lowest BCUT2D eigenvalue weighted by atomic mass is 10.0. The molecule has 0 aliphatic carbocycles. The van der Waals surface area contributed by atoms with Crippen LogP contribution in [0.5, 0.6) is 0 Å². The van der Waals surface area contributed by atoms with Crippen molar-refractivity contribution < 1.29 is 0 Å². The molecule has 0 amide bonds. The van der Waals surface area contributed by atoms with Crippen LogP contribution in [0.15, 0.2) is 42.5 Å². The highest BCUT2D eigenvalue weighted by molar-refractivity contribution is 7.80. The minimum absolute atomic E-state index is 0.457. The number of hydrogen-bond acceptors (Lipinski definition) is 1. The average molecular weight is 198 g/mol. The molecule has 67 valence electrons. The van der Waals surface area contributed by atoms with Crippen LogP contribution in [0.25, 0.3) is 10.8 Å². The van der Waals surface area contributed by atoms with E-state index in [0.717, 1.165) is 16.3 Å². The summed E-state index contributed by atoms with van der Waals surface area (Å²) in [4.78, 5) is 0. The Labute approximate surface area is 88.4 Å². The molecule has 1 nitrogen and oxygen atoms in total. The minimum atomic E-state index is -0.457. The fourth-order valence-corrected chi connectivity index (χ4v) is 1.75. The molecule has 0 aliphatic heterocycles. The minimum Gasteiger partial charge on any atom is -0.197 e. The maximum atomic E-state index is 8.79. The van der Waals surface area contributed by atoms with E-state index in [1.54, 1.807) is 0 Å². The maximum absolute atomic E-state index is 8.79. The quantitative estimate of drug-likeness (QED) is 0.686. The molecule has 0 saturated heterocycles. The first kappa shape index (κ1) is 9.11. The van der Waals surface area contributed by atoms with E-state index in [2.05, 4.69) is 6.07 Å². The number of nitrogens with zero attached hydrogens (tertiary/aromatic N) is 1. The van der Waals surface area contributed by atoms with E-state index in [1.807, 2.05) is 42.5 Å². The van der Waals surface area contributed by atoms with Crippen LogP contribution in [0, 0.1) is 11.3 Å². The molecule has 0 N–H and O–H groups in total. The average Bonchev–Trinajstić information content (AvgIpc) is 2.27. The standard InChI is InChI=1S/C12H8NS/c13-8-12(14)11-7-3-5-9-4-1-2-6-10(9)11/h1-7,12H. The molecule has 1 unspecified atom stereocenters. The molecule has 0 bridgehead atoms. The molecule has 0 fully saturated rings. The van der Waals surface area contributed by atoms with Gasteiger partial charge in [-0.05, 0) is 16.3 Å². The second-order valence-electron chi connectivity index (χ2n) is 3.08. The lowest BCUT2D eigenvalue weighted by molar-refractivity contribution is 1.26. The Morgan fingerprint density at radius 1 is 1.07 bits per heavy atom. The number of benzene rings is 2. The number of rotatable bonds is 1. The third-order valence-corrected chi connectivity index (χ3v) is 2.58. The van der Waals surface area contributed by atoms with E-state index >= 15 is 0 Å². The predicted octanol–water partition coefficient (Wildman–Crippen LogP) is 3.60. The van der Waals surface area contributed by atoms with Crippen LogP contribution in [0.1, 0.15) is 10.8 Å². The van der Waals surface area contributed by atoms with Crippen molar-refractivity contribution >= 4 is 23.4 Å². The Hall–Kier alpha value is -1.46. The lowest BCUT2D eigenvalue weighted by Gasteiger charge is -2.05. The van der Waals surface area contributed by atoms with E-state index < -0.39 is 5.25 Å². The highest BCUT2D eigenvalue weighted by Gasteiger charge is 2.08. The number of fused-ring (bicyclic) bond motifs is 1. The Kier molecular flexibility index (Phi) is 2.43. The Balaban J connectivity index is 2.72. The van der Waals surface area contributed by atoms with Gasteiger partial charge in [0.1, 0.15) is 5.25 Å². The van der Waals surface area contributed by atoms with Crippen LogP contribution in [-0.2, 0) is 0 Å². The zero-order valence-electron chi connectivity index (χ0n) is 7.47. The van der Waals surface area contributed by atoms with Gasteiger partial charge >= 0.3 is 0 Å². The van der Waals surface area contributed by atoms with Gasteiger partial charge in [-0.2, -0.15) is 5.26 Å². The largest absolute Gasteiger partial charge is 0.197 e. The molecular formula is C12H8NS. The van der Waals surface area contributed by atoms with Crippen LogP contribution in [0.4, 0.5) is 0 Å².